The van der Waals surface area contributed by atoms with Crippen molar-refractivity contribution >= 4 is 11.6 Å². The van der Waals surface area contributed by atoms with Crippen molar-refractivity contribution in [2.45, 2.75) is 19.4 Å². The lowest BCUT2D eigenvalue weighted by molar-refractivity contribution is -0.116. The molecule has 0 aliphatic rings. The van der Waals surface area contributed by atoms with E-state index in [1.165, 1.54) is 0 Å². The average molecular weight is 338 g/mol. The number of nitrogens with one attached hydrogen (secondary N) is 1. The molecule has 2 heterocycles. The minimum atomic E-state index is -0.118. The minimum absolute atomic E-state index is 0.118. The molecule has 0 unspecified atom stereocenters. The van der Waals surface area contributed by atoms with Gasteiger partial charge in [0.05, 0.1) is 6.61 Å². The van der Waals surface area contributed by atoms with Crippen LogP contribution in [0.15, 0.2) is 53.2 Å². The largest absolute Gasteiger partial charge is 0.380 e. The Hall–Kier alpha value is -3.06. The number of ether oxygens (including phenoxy) is 1. The number of rotatable bonds is 7. The van der Waals surface area contributed by atoms with Crippen LogP contribution in [-0.2, 0) is 22.6 Å². The second kappa shape index (κ2) is 8.16. The zero-order valence-corrected chi connectivity index (χ0v) is 13.8. The van der Waals surface area contributed by atoms with Gasteiger partial charge in [-0.2, -0.15) is 4.98 Å². The molecule has 1 N–H and O–H groups in total. The number of aryl methyl sites for hydroxylation is 1. The molecule has 3 rings (SSSR count). The van der Waals surface area contributed by atoms with E-state index in [0.29, 0.717) is 30.4 Å². The first kappa shape index (κ1) is 16.8. The van der Waals surface area contributed by atoms with Crippen molar-refractivity contribution in [2.75, 3.05) is 12.4 Å². The highest BCUT2D eigenvalue weighted by Gasteiger charge is 2.11. The van der Waals surface area contributed by atoms with Gasteiger partial charge in [-0.15, -0.1) is 0 Å². The van der Waals surface area contributed by atoms with E-state index in [0.717, 1.165) is 11.3 Å². The monoisotopic (exact) mass is 338 g/mol. The molecular formula is C18H18N4O3. The molecule has 128 valence electrons. The summed E-state index contributed by atoms with van der Waals surface area (Å²) in [6.45, 7) is 0.502. The first-order chi connectivity index (χ1) is 12.2. The molecule has 0 spiro atoms. The third-order valence-electron chi connectivity index (χ3n) is 3.45. The van der Waals surface area contributed by atoms with Crippen LogP contribution in [0.3, 0.4) is 0 Å². The number of anilines is 1. The SMILES string of the molecule is COCc1cccc(NC(=O)CCc2nc(-c3ccccn3)no2)c1. The molecule has 3 aromatic rings. The van der Waals surface area contributed by atoms with E-state index in [2.05, 4.69) is 20.4 Å². The highest BCUT2D eigenvalue weighted by Crippen LogP contribution is 2.14. The minimum Gasteiger partial charge on any atom is -0.380 e. The second-order valence-corrected chi connectivity index (χ2v) is 5.41. The number of nitrogens with zero attached hydrogens (tertiary/aromatic N) is 3. The third-order valence-corrected chi connectivity index (χ3v) is 3.45. The fourth-order valence-corrected chi connectivity index (χ4v) is 2.30. The molecule has 7 heteroatoms. The van der Waals surface area contributed by atoms with E-state index in [9.17, 15) is 4.79 Å². The Labute approximate surface area is 145 Å². The standard InChI is InChI=1S/C18H18N4O3/c1-24-12-13-5-4-6-14(11-13)20-16(23)8-9-17-21-18(22-25-17)15-7-2-3-10-19-15/h2-7,10-11H,8-9,12H2,1H3,(H,20,23). The second-order valence-electron chi connectivity index (χ2n) is 5.41. The lowest BCUT2D eigenvalue weighted by Gasteiger charge is -2.06. The van der Waals surface area contributed by atoms with Gasteiger partial charge in [0.2, 0.25) is 17.6 Å². The number of pyridine rings is 1. The fourth-order valence-electron chi connectivity index (χ4n) is 2.30. The van der Waals surface area contributed by atoms with Crippen molar-refractivity contribution in [3.05, 3.63) is 60.1 Å². The van der Waals surface area contributed by atoms with Gasteiger partial charge < -0.3 is 14.6 Å². The van der Waals surface area contributed by atoms with Crippen molar-refractivity contribution in [3.8, 4) is 11.5 Å². The first-order valence-electron chi connectivity index (χ1n) is 7.86. The quantitative estimate of drug-likeness (QED) is 0.712. The summed E-state index contributed by atoms with van der Waals surface area (Å²) in [6.07, 6.45) is 2.28. The van der Waals surface area contributed by atoms with Crippen LogP contribution < -0.4 is 5.32 Å². The maximum Gasteiger partial charge on any atom is 0.227 e. The van der Waals surface area contributed by atoms with E-state index in [1.54, 1.807) is 19.4 Å². The van der Waals surface area contributed by atoms with Crippen LogP contribution in [0.4, 0.5) is 5.69 Å². The molecule has 0 bridgehead atoms. The number of aromatic nitrogens is 3. The molecule has 0 radical (unpaired) electrons. The van der Waals surface area contributed by atoms with Crippen molar-refractivity contribution < 1.29 is 14.1 Å². The topological polar surface area (TPSA) is 90.1 Å². The Bertz CT molecular complexity index is 833. The predicted octanol–water partition coefficient (Wildman–Crippen LogP) is 2.85. The van der Waals surface area contributed by atoms with E-state index < -0.39 is 0 Å². The lowest BCUT2D eigenvalue weighted by Crippen LogP contribution is -2.12. The van der Waals surface area contributed by atoms with Gasteiger partial charge in [-0.1, -0.05) is 23.4 Å². The maximum absolute atomic E-state index is 12.1. The zero-order chi connectivity index (χ0) is 17.5. The van der Waals surface area contributed by atoms with E-state index >= 15 is 0 Å². The number of carbonyl (C=O) groups excluding carboxylic acids is 1. The van der Waals surface area contributed by atoms with Gasteiger partial charge >= 0.3 is 0 Å². The number of carbonyl (C=O) groups is 1. The molecule has 1 aromatic carbocycles. The molecule has 0 fully saturated rings. The van der Waals surface area contributed by atoms with Crippen LogP contribution in [0.1, 0.15) is 17.9 Å². The maximum atomic E-state index is 12.1. The molecule has 0 saturated heterocycles. The Balaban J connectivity index is 1.54. The van der Waals surface area contributed by atoms with E-state index in [4.69, 9.17) is 9.26 Å². The van der Waals surface area contributed by atoms with Crippen molar-refractivity contribution in [3.63, 3.8) is 0 Å². The number of amides is 1. The molecule has 7 nitrogen and oxygen atoms in total. The van der Waals surface area contributed by atoms with Gasteiger partial charge in [0.1, 0.15) is 5.69 Å². The van der Waals surface area contributed by atoms with Crippen molar-refractivity contribution in [1.82, 2.24) is 15.1 Å². The van der Waals surface area contributed by atoms with Gasteiger partial charge in [-0.3, -0.25) is 9.78 Å². The Morgan fingerprint density at radius 2 is 2.16 bits per heavy atom. The molecule has 1 amide bonds. The van der Waals surface area contributed by atoms with Gasteiger partial charge in [-0.05, 0) is 29.8 Å². The summed E-state index contributed by atoms with van der Waals surface area (Å²) < 4.78 is 10.3. The van der Waals surface area contributed by atoms with Crippen LogP contribution in [0.2, 0.25) is 0 Å². The van der Waals surface area contributed by atoms with Gasteiger partial charge in [-0.25, -0.2) is 0 Å². The van der Waals surface area contributed by atoms with Crippen LogP contribution in [0, 0.1) is 0 Å². The predicted molar refractivity (Wildman–Crippen MR) is 91.6 cm³/mol. The number of hydrogen-bond acceptors (Lipinski definition) is 6. The highest BCUT2D eigenvalue weighted by molar-refractivity contribution is 5.90. The van der Waals surface area contributed by atoms with Crippen molar-refractivity contribution in [1.29, 1.82) is 0 Å². The highest BCUT2D eigenvalue weighted by atomic mass is 16.5. The molecule has 25 heavy (non-hydrogen) atoms. The number of hydrogen-bond donors (Lipinski definition) is 1. The van der Waals surface area contributed by atoms with Crippen LogP contribution in [0.25, 0.3) is 11.5 Å². The summed E-state index contributed by atoms with van der Waals surface area (Å²) in [5.74, 6) is 0.708. The zero-order valence-electron chi connectivity index (χ0n) is 13.8. The molecular weight excluding hydrogens is 320 g/mol. The van der Waals surface area contributed by atoms with Crippen LogP contribution in [0.5, 0.6) is 0 Å². The molecule has 0 saturated carbocycles. The number of methoxy groups -OCH3 is 1. The van der Waals surface area contributed by atoms with E-state index in [1.807, 2.05) is 36.4 Å². The Kier molecular flexibility index (Phi) is 5.48. The number of benzene rings is 1. The molecule has 0 aliphatic heterocycles. The summed E-state index contributed by atoms with van der Waals surface area (Å²) in [4.78, 5) is 20.5. The summed E-state index contributed by atoms with van der Waals surface area (Å²) >= 11 is 0. The molecule has 0 aliphatic carbocycles. The van der Waals surface area contributed by atoms with Gasteiger partial charge in [0, 0.05) is 31.8 Å². The van der Waals surface area contributed by atoms with E-state index in [-0.39, 0.29) is 12.3 Å². The smallest absolute Gasteiger partial charge is 0.227 e. The van der Waals surface area contributed by atoms with Crippen LogP contribution >= 0.6 is 0 Å². The normalized spacial score (nSPS) is 10.6. The Morgan fingerprint density at radius 1 is 1.24 bits per heavy atom. The summed E-state index contributed by atoms with van der Waals surface area (Å²) in [5.41, 5.74) is 2.37. The molecule has 0 atom stereocenters. The summed E-state index contributed by atoms with van der Waals surface area (Å²) in [6, 6.07) is 13.0. The summed E-state index contributed by atoms with van der Waals surface area (Å²) in [5, 5.41) is 6.74. The molecule has 2 aromatic heterocycles. The third kappa shape index (κ3) is 4.71. The van der Waals surface area contributed by atoms with Gasteiger partial charge in [0.15, 0.2) is 0 Å². The van der Waals surface area contributed by atoms with Crippen LogP contribution in [-0.4, -0.2) is 28.1 Å². The lowest BCUT2D eigenvalue weighted by atomic mass is 10.2. The summed E-state index contributed by atoms with van der Waals surface area (Å²) in [7, 11) is 1.63. The average Bonchev–Trinajstić information content (AvgIpc) is 3.10. The first-order valence-corrected chi connectivity index (χ1v) is 7.86. The fraction of sp³-hybridized carbons (Fsp3) is 0.222. The van der Waals surface area contributed by atoms with Crippen molar-refractivity contribution in [2.24, 2.45) is 0 Å². The Morgan fingerprint density at radius 3 is 2.96 bits per heavy atom. The van der Waals surface area contributed by atoms with Gasteiger partial charge in [0.25, 0.3) is 0 Å².